The zero-order valence-electron chi connectivity index (χ0n) is 10.5. The van der Waals surface area contributed by atoms with Crippen molar-refractivity contribution in [1.82, 2.24) is 4.31 Å². The van der Waals surface area contributed by atoms with Crippen LogP contribution in [0.25, 0.3) is 0 Å². The van der Waals surface area contributed by atoms with Crippen molar-refractivity contribution >= 4 is 38.9 Å². The van der Waals surface area contributed by atoms with E-state index in [-0.39, 0.29) is 23.2 Å². The molecule has 0 spiro atoms. The topological polar surface area (TPSA) is 74.7 Å². The Hall–Kier alpha value is -0.630. The van der Waals surface area contributed by atoms with Crippen molar-refractivity contribution in [3.8, 4) is 0 Å². The molecule has 1 saturated heterocycles. The van der Waals surface area contributed by atoms with E-state index < -0.39 is 21.9 Å². The number of aliphatic carboxylic acids is 1. The summed E-state index contributed by atoms with van der Waals surface area (Å²) in [5.41, 5.74) is 0.737. The number of sulfonamides is 1. The summed E-state index contributed by atoms with van der Waals surface area (Å²) < 4.78 is 26.5. The zero-order chi connectivity index (χ0) is 14.4. The molecule has 0 amide bonds. The van der Waals surface area contributed by atoms with E-state index in [4.69, 9.17) is 16.7 Å². The largest absolute Gasteiger partial charge is 0.481 e. The number of carboxylic acids is 1. The number of hydrogen-bond donors (Lipinski definition) is 1. The number of rotatable bonds is 4. The predicted octanol–water partition coefficient (Wildman–Crippen LogP) is 2.05. The molecule has 5 nitrogen and oxygen atoms in total. The summed E-state index contributed by atoms with van der Waals surface area (Å²) in [5, 5.41) is 8.88. The van der Waals surface area contributed by atoms with Crippen molar-refractivity contribution in [3.63, 3.8) is 0 Å². The molecular weight excluding hydrogens is 310 g/mol. The minimum atomic E-state index is -3.52. The molecule has 0 aromatic carbocycles. The molecule has 1 aromatic heterocycles. The van der Waals surface area contributed by atoms with Crippen molar-refractivity contribution in [1.29, 1.82) is 0 Å². The van der Waals surface area contributed by atoms with Crippen molar-refractivity contribution in [3.05, 3.63) is 16.0 Å². The van der Waals surface area contributed by atoms with Gasteiger partial charge in [-0.1, -0.05) is 18.5 Å². The van der Waals surface area contributed by atoms with Crippen LogP contribution in [-0.4, -0.2) is 36.9 Å². The van der Waals surface area contributed by atoms with E-state index in [0.29, 0.717) is 4.34 Å². The van der Waals surface area contributed by atoms with Crippen LogP contribution >= 0.6 is 22.9 Å². The molecule has 0 aliphatic carbocycles. The molecule has 0 saturated carbocycles. The Balaban J connectivity index is 2.10. The SMILES string of the molecule is Cc1cc(S(=O)(=O)N2CC(C(C)C(=O)O)C2)sc1Cl. The summed E-state index contributed by atoms with van der Waals surface area (Å²) in [6.07, 6.45) is 0. The molecule has 8 heteroatoms. The third-order valence-corrected chi connectivity index (χ3v) is 7.24. The third-order valence-electron chi connectivity index (χ3n) is 3.40. The van der Waals surface area contributed by atoms with Crippen LogP contribution in [0.3, 0.4) is 0 Å². The van der Waals surface area contributed by atoms with E-state index >= 15 is 0 Å². The minimum absolute atomic E-state index is 0.121. The Morgan fingerprint density at radius 1 is 1.58 bits per heavy atom. The first-order valence-corrected chi connectivity index (χ1v) is 8.36. The van der Waals surface area contributed by atoms with Crippen LogP contribution < -0.4 is 0 Å². The molecule has 1 aromatic rings. The number of nitrogens with zero attached hydrogens (tertiary/aromatic N) is 1. The molecule has 19 heavy (non-hydrogen) atoms. The minimum Gasteiger partial charge on any atom is -0.481 e. The second kappa shape index (κ2) is 5.05. The van der Waals surface area contributed by atoms with Crippen LogP contribution in [0, 0.1) is 18.8 Å². The molecular formula is C11H14ClNO4S2. The first kappa shape index (κ1) is 14.8. The third kappa shape index (κ3) is 2.65. The summed E-state index contributed by atoms with van der Waals surface area (Å²) in [4.78, 5) is 10.8. The number of halogens is 1. The molecule has 1 fully saturated rings. The van der Waals surface area contributed by atoms with Gasteiger partial charge in [0.15, 0.2) is 0 Å². The fraction of sp³-hybridized carbons (Fsp3) is 0.545. The van der Waals surface area contributed by atoms with E-state index in [2.05, 4.69) is 0 Å². The average molecular weight is 324 g/mol. The lowest BCUT2D eigenvalue weighted by Gasteiger charge is -2.39. The number of hydrogen-bond acceptors (Lipinski definition) is 4. The van der Waals surface area contributed by atoms with E-state index in [0.717, 1.165) is 16.9 Å². The van der Waals surface area contributed by atoms with E-state index in [1.165, 1.54) is 4.31 Å². The maximum atomic E-state index is 12.2. The van der Waals surface area contributed by atoms with Crippen LogP contribution in [0.4, 0.5) is 0 Å². The highest BCUT2D eigenvalue weighted by Gasteiger charge is 2.41. The van der Waals surface area contributed by atoms with Gasteiger partial charge in [-0.15, -0.1) is 11.3 Å². The second-order valence-corrected chi connectivity index (χ2v) is 8.55. The van der Waals surface area contributed by atoms with Crippen molar-refractivity contribution in [2.45, 2.75) is 18.1 Å². The summed E-state index contributed by atoms with van der Waals surface area (Å²) >= 11 is 6.91. The van der Waals surface area contributed by atoms with Gasteiger partial charge >= 0.3 is 5.97 Å². The Morgan fingerprint density at radius 3 is 2.58 bits per heavy atom. The molecule has 0 radical (unpaired) electrons. The quantitative estimate of drug-likeness (QED) is 0.920. The maximum Gasteiger partial charge on any atom is 0.306 e. The molecule has 1 atom stereocenters. The molecule has 106 valence electrons. The average Bonchev–Trinajstić information content (AvgIpc) is 2.57. The van der Waals surface area contributed by atoms with Crippen LogP contribution in [0.1, 0.15) is 12.5 Å². The lowest BCUT2D eigenvalue weighted by atomic mass is 9.89. The molecule has 1 aliphatic heterocycles. The predicted molar refractivity (Wildman–Crippen MR) is 73.1 cm³/mol. The van der Waals surface area contributed by atoms with Crippen LogP contribution in [0.5, 0.6) is 0 Å². The first-order chi connectivity index (χ1) is 8.73. The highest BCUT2D eigenvalue weighted by atomic mass is 35.5. The molecule has 0 bridgehead atoms. The highest BCUT2D eigenvalue weighted by molar-refractivity contribution is 7.91. The molecule has 1 N–H and O–H groups in total. The second-order valence-electron chi connectivity index (χ2n) is 4.73. The fourth-order valence-corrected chi connectivity index (χ4v) is 5.29. The molecule has 1 aliphatic rings. The Bertz CT molecular complexity index is 585. The Kier molecular flexibility index (Phi) is 3.92. The van der Waals surface area contributed by atoms with Gasteiger partial charge in [0, 0.05) is 13.1 Å². The number of carboxylic acid groups (broad SMARTS) is 1. The van der Waals surface area contributed by atoms with Gasteiger partial charge in [-0.3, -0.25) is 4.79 Å². The van der Waals surface area contributed by atoms with Crippen molar-refractivity contribution in [2.24, 2.45) is 11.8 Å². The zero-order valence-corrected chi connectivity index (χ0v) is 12.8. The number of thiophene rings is 1. The summed E-state index contributed by atoms with van der Waals surface area (Å²) in [6.45, 7) is 3.86. The first-order valence-electron chi connectivity index (χ1n) is 5.72. The summed E-state index contributed by atoms with van der Waals surface area (Å²) in [7, 11) is -3.52. The van der Waals surface area contributed by atoms with Gasteiger partial charge in [-0.25, -0.2) is 8.42 Å². The normalized spacial score (nSPS) is 19.1. The van der Waals surface area contributed by atoms with Crippen molar-refractivity contribution in [2.75, 3.05) is 13.1 Å². The monoisotopic (exact) mass is 323 g/mol. The van der Waals surface area contributed by atoms with Crippen LogP contribution in [-0.2, 0) is 14.8 Å². The van der Waals surface area contributed by atoms with E-state index in [9.17, 15) is 13.2 Å². The van der Waals surface area contributed by atoms with Gasteiger partial charge < -0.3 is 5.11 Å². The van der Waals surface area contributed by atoms with Crippen LogP contribution in [0.15, 0.2) is 10.3 Å². The molecule has 2 rings (SSSR count). The molecule has 1 unspecified atom stereocenters. The number of aryl methyl sites for hydroxylation is 1. The van der Waals surface area contributed by atoms with Gasteiger partial charge in [-0.2, -0.15) is 4.31 Å². The van der Waals surface area contributed by atoms with Gasteiger partial charge in [0.25, 0.3) is 10.0 Å². The fourth-order valence-electron chi connectivity index (χ4n) is 1.87. The van der Waals surface area contributed by atoms with E-state index in [1.807, 2.05) is 0 Å². The van der Waals surface area contributed by atoms with Gasteiger partial charge in [0.05, 0.1) is 10.3 Å². The lowest BCUT2D eigenvalue weighted by molar-refractivity contribution is -0.144. The standard InChI is InChI=1S/C11H14ClNO4S2/c1-6-3-9(18-10(6)12)19(16,17)13-4-8(5-13)7(2)11(14)15/h3,7-8H,4-5H2,1-2H3,(H,14,15). The number of carbonyl (C=O) groups is 1. The maximum absolute atomic E-state index is 12.2. The summed E-state index contributed by atoms with van der Waals surface area (Å²) in [5.74, 6) is -1.54. The van der Waals surface area contributed by atoms with Gasteiger partial charge in [0.2, 0.25) is 0 Å². The van der Waals surface area contributed by atoms with Gasteiger partial charge in [-0.05, 0) is 24.5 Å². The Morgan fingerprint density at radius 2 is 2.16 bits per heavy atom. The Labute approximate surface area is 120 Å². The lowest BCUT2D eigenvalue weighted by Crippen LogP contribution is -2.53. The van der Waals surface area contributed by atoms with Gasteiger partial charge in [0.1, 0.15) is 4.21 Å². The summed E-state index contributed by atoms with van der Waals surface area (Å²) in [6, 6.07) is 1.55. The smallest absolute Gasteiger partial charge is 0.306 e. The van der Waals surface area contributed by atoms with Crippen LogP contribution in [0.2, 0.25) is 4.34 Å². The highest BCUT2D eigenvalue weighted by Crippen LogP contribution is 2.35. The van der Waals surface area contributed by atoms with E-state index in [1.54, 1.807) is 19.9 Å². The molecule has 2 heterocycles. The van der Waals surface area contributed by atoms with Crippen molar-refractivity contribution < 1.29 is 18.3 Å².